The molecule has 1 N–H and O–H groups in total. The van der Waals surface area contributed by atoms with Gasteiger partial charge in [0, 0.05) is 18.0 Å². The van der Waals surface area contributed by atoms with Crippen LogP contribution in [0, 0.1) is 10.1 Å². The van der Waals surface area contributed by atoms with Gasteiger partial charge < -0.3 is 19.7 Å². The molecule has 0 aliphatic carbocycles. The van der Waals surface area contributed by atoms with E-state index in [4.69, 9.17) is 9.47 Å². The van der Waals surface area contributed by atoms with Crippen molar-refractivity contribution in [1.29, 1.82) is 0 Å². The number of nitro groups is 1. The van der Waals surface area contributed by atoms with Crippen LogP contribution in [0.15, 0.2) is 53.4 Å². The van der Waals surface area contributed by atoms with Gasteiger partial charge in [-0.2, -0.15) is 0 Å². The molecule has 3 rings (SSSR count). The molecule has 1 amide bonds. The first-order valence-electron chi connectivity index (χ1n) is 9.76. The summed E-state index contributed by atoms with van der Waals surface area (Å²) in [6, 6.07) is 12.1. The normalized spacial score (nSPS) is 11.8. The highest BCUT2D eigenvalue weighted by Crippen LogP contribution is 2.35. The van der Waals surface area contributed by atoms with Crippen LogP contribution in [0.3, 0.4) is 0 Å². The number of nitro benzene ring substituents is 1. The molecular formula is C22H24N4O5S. The summed E-state index contributed by atoms with van der Waals surface area (Å²) < 4.78 is 11.0. The van der Waals surface area contributed by atoms with Gasteiger partial charge in [0.2, 0.25) is 0 Å². The number of aromatic nitrogens is 1. The summed E-state index contributed by atoms with van der Waals surface area (Å²) in [5.41, 5.74) is 2.92. The van der Waals surface area contributed by atoms with Crippen LogP contribution in [0.25, 0.3) is 0 Å². The Kier molecular flexibility index (Phi) is 7.74. The van der Waals surface area contributed by atoms with Crippen LogP contribution in [0.5, 0.6) is 11.5 Å². The second kappa shape index (κ2) is 10.7. The fourth-order valence-corrected chi connectivity index (χ4v) is 3.72. The molecule has 10 heteroatoms. The smallest absolute Gasteiger partial charge is 0.286 e. The fourth-order valence-electron chi connectivity index (χ4n) is 3.17. The maximum Gasteiger partial charge on any atom is 0.286 e. The number of carbonyl (C=O) groups excluding carboxylic acids is 1. The molecule has 0 aliphatic rings. The van der Waals surface area contributed by atoms with E-state index in [1.807, 2.05) is 54.7 Å². The highest BCUT2D eigenvalue weighted by molar-refractivity contribution is 7.07. The molecule has 168 valence electrons. The minimum absolute atomic E-state index is 0.0955. The Morgan fingerprint density at radius 2 is 2.00 bits per heavy atom. The average molecular weight is 457 g/mol. The van der Waals surface area contributed by atoms with Crippen molar-refractivity contribution in [2.75, 3.05) is 27.7 Å². The molecule has 0 spiro atoms. The Labute approximate surface area is 189 Å². The van der Waals surface area contributed by atoms with Crippen molar-refractivity contribution in [1.82, 2.24) is 15.2 Å². The van der Waals surface area contributed by atoms with Gasteiger partial charge in [0.25, 0.3) is 11.6 Å². The van der Waals surface area contributed by atoms with E-state index in [-0.39, 0.29) is 41.9 Å². The predicted octanol–water partition coefficient (Wildman–Crippen LogP) is 3.67. The number of hydrogen-bond donors (Lipinski definition) is 1. The molecule has 1 atom stereocenters. The third-order valence-electron chi connectivity index (χ3n) is 4.85. The highest BCUT2D eigenvalue weighted by atomic mass is 32.1. The Morgan fingerprint density at radius 3 is 2.59 bits per heavy atom. The van der Waals surface area contributed by atoms with Crippen molar-refractivity contribution in [2.45, 2.75) is 12.6 Å². The summed E-state index contributed by atoms with van der Waals surface area (Å²) in [4.78, 5) is 30.1. The van der Waals surface area contributed by atoms with Gasteiger partial charge >= 0.3 is 0 Å². The van der Waals surface area contributed by atoms with Gasteiger partial charge in [-0.1, -0.05) is 30.3 Å². The molecule has 1 aromatic heterocycles. The van der Waals surface area contributed by atoms with E-state index in [9.17, 15) is 14.9 Å². The zero-order valence-electron chi connectivity index (χ0n) is 18.0. The lowest BCUT2D eigenvalue weighted by Gasteiger charge is -2.25. The monoisotopic (exact) mass is 456 g/mol. The summed E-state index contributed by atoms with van der Waals surface area (Å²) >= 11 is 1.42. The number of methoxy groups -OCH3 is 1. The number of nitrogens with one attached hydrogen (secondary N) is 1. The van der Waals surface area contributed by atoms with E-state index < -0.39 is 10.8 Å². The van der Waals surface area contributed by atoms with E-state index in [2.05, 4.69) is 10.3 Å². The average Bonchev–Trinajstić information content (AvgIpc) is 3.31. The number of rotatable bonds is 10. The topological polar surface area (TPSA) is 107 Å². The summed E-state index contributed by atoms with van der Waals surface area (Å²) in [5, 5.41) is 16.3. The lowest BCUT2D eigenvalue weighted by molar-refractivity contribution is -0.385. The predicted molar refractivity (Wildman–Crippen MR) is 121 cm³/mol. The Balaban J connectivity index is 1.82. The third kappa shape index (κ3) is 5.59. The number of amides is 1. The van der Waals surface area contributed by atoms with Crippen LogP contribution >= 0.6 is 11.3 Å². The first-order chi connectivity index (χ1) is 15.4. The molecule has 9 nitrogen and oxygen atoms in total. The van der Waals surface area contributed by atoms with Crippen molar-refractivity contribution in [3.63, 3.8) is 0 Å². The number of ether oxygens (including phenoxy) is 2. The van der Waals surface area contributed by atoms with E-state index in [1.54, 1.807) is 5.51 Å². The number of hydrogen-bond acceptors (Lipinski definition) is 8. The summed E-state index contributed by atoms with van der Waals surface area (Å²) in [6.07, 6.45) is 0. The first-order valence-corrected chi connectivity index (χ1v) is 10.7. The zero-order chi connectivity index (χ0) is 23.1. The maximum absolute atomic E-state index is 12.9. The molecule has 0 bridgehead atoms. The number of nitrogens with zero attached hydrogens (tertiary/aromatic N) is 3. The zero-order valence-corrected chi connectivity index (χ0v) is 18.8. The molecule has 0 radical (unpaired) electrons. The van der Waals surface area contributed by atoms with Gasteiger partial charge in [0.15, 0.2) is 11.5 Å². The van der Waals surface area contributed by atoms with Crippen molar-refractivity contribution in [2.24, 2.45) is 0 Å². The van der Waals surface area contributed by atoms with Crippen LogP contribution in [-0.4, -0.2) is 48.5 Å². The molecule has 0 aliphatic heterocycles. The van der Waals surface area contributed by atoms with Crippen molar-refractivity contribution < 1.29 is 19.2 Å². The van der Waals surface area contributed by atoms with Crippen LogP contribution < -0.4 is 14.8 Å². The Hall–Kier alpha value is -3.50. The van der Waals surface area contributed by atoms with E-state index in [0.29, 0.717) is 5.69 Å². The molecular weight excluding hydrogens is 432 g/mol. The molecule has 0 saturated carbocycles. The van der Waals surface area contributed by atoms with Crippen LogP contribution in [0.4, 0.5) is 5.69 Å². The Morgan fingerprint density at radius 1 is 1.25 bits per heavy atom. The summed E-state index contributed by atoms with van der Waals surface area (Å²) in [5.74, 6) is -0.175. The molecule has 0 fully saturated rings. The van der Waals surface area contributed by atoms with E-state index in [1.165, 1.54) is 30.6 Å². The SMILES string of the molecule is COc1cc(C(=O)NCC(c2ccccc2)N(C)C)c([N+](=O)[O-])cc1OCc1cscn1. The van der Waals surface area contributed by atoms with E-state index in [0.717, 1.165) is 5.56 Å². The quantitative estimate of drug-likeness (QED) is 0.366. The lowest BCUT2D eigenvalue weighted by Crippen LogP contribution is -2.34. The number of likely N-dealkylation sites (N-methyl/N-ethyl adjacent to an activating group) is 1. The number of benzene rings is 2. The standard InChI is InChI=1S/C22H24N4O5S/c1-25(2)19(15-7-5-4-6-8-15)11-23-22(27)17-9-20(30-3)21(10-18(17)26(28)29)31-12-16-13-32-14-24-16/h4-10,13-14,19H,11-12H2,1-3H3,(H,23,27). The van der Waals surface area contributed by atoms with Crippen LogP contribution in [0.2, 0.25) is 0 Å². The molecule has 1 heterocycles. The van der Waals surface area contributed by atoms with Gasteiger partial charge in [-0.05, 0) is 19.7 Å². The number of carbonyl (C=O) groups is 1. The molecule has 3 aromatic rings. The number of thiazole rings is 1. The molecule has 0 saturated heterocycles. The summed E-state index contributed by atoms with van der Waals surface area (Å²) in [6.45, 7) is 0.404. The lowest BCUT2D eigenvalue weighted by atomic mass is 10.1. The van der Waals surface area contributed by atoms with Gasteiger partial charge in [-0.3, -0.25) is 14.9 Å². The molecule has 32 heavy (non-hydrogen) atoms. The van der Waals surface area contributed by atoms with Crippen LogP contribution in [-0.2, 0) is 6.61 Å². The largest absolute Gasteiger partial charge is 0.493 e. The van der Waals surface area contributed by atoms with Crippen molar-refractivity contribution in [3.05, 3.63) is 80.3 Å². The Bertz CT molecular complexity index is 1060. The fraction of sp³-hybridized carbons (Fsp3) is 0.273. The van der Waals surface area contributed by atoms with Gasteiger partial charge in [0.1, 0.15) is 12.2 Å². The van der Waals surface area contributed by atoms with Crippen molar-refractivity contribution >= 4 is 22.9 Å². The minimum atomic E-state index is -0.606. The second-order valence-corrected chi connectivity index (χ2v) is 7.86. The van der Waals surface area contributed by atoms with Gasteiger partial charge in [0.05, 0.1) is 35.3 Å². The minimum Gasteiger partial charge on any atom is -0.493 e. The first kappa shape index (κ1) is 23.2. The third-order valence-corrected chi connectivity index (χ3v) is 5.48. The molecule has 2 aromatic carbocycles. The van der Waals surface area contributed by atoms with Gasteiger partial charge in [-0.25, -0.2) is 4.98 Å². The second-order valence-electron chi connectivity index (χ2n) is 7.15. The van der Waals surface area contributed by atoms with E-state index >= 15 is 0 Å². The summed E-state index contributed by atoms with van der Waals surface area (Å²) in [7, 11) is 5.23. The van der Waals surface area contributed by atoms with Crippen LogP contribution in [0.1, 0.15) is 27.7 Å². The van der Waals surface area contributed by atoms with Crippen molar-refractivity contribution in [3.8, 4) is 11.5 Å². The highest BCUT2D eigenvalue weighted by Gasteiger charge is 2.26. The maximum atomic E-state index is 12.9. The van der Waals surface area contributed by atoms with Gasteiger partial charge in [-0.15, -0.1) is 11.3 Å². The molecule has 1 unspecified atom stereocenters.